The van der Waals surface area contributed by atoms with Gasteiger partial charge in [-0.3, -0.25) is 0 Å². The largest absolute Gasteiger partial charge is 0.497 e. The van der Waals surface area contributed by atoms with Crippen LogP contribution < -0.4 is 9.64 Å². The van der Waals surface area contributed by atoms with E-state index in [1.165, 1.54) is 16.8 Å². The Hall–Kier alpha value is -2.05. The molecule has 25 heavy (non-hydrogen) atoms. The van der Waals surface area contributed by atoms with E-state index < -0.39 is 10.0 Å². The lowest BCUT2D eigenvalue weighted by atomic mass is 10.1. The van der Waals surface area contributed by atoms with Crippen LogP contribution in [0, 0.1) is 13.8 Å². The van der Waals surface area contributed by atoms with Gasteiger partial charge in [0.1, 0.15) is 5.75 Å². The van der Waals surface area contributed by atoms with Crippen LogP contribution in [0.4, 0.5) is 5.69 Å². The molecule has 0 atom stereocenters. The van der Waals surface area contributed by atoms with E-state index in [1.807, 2.05) is 0 Å². The van der Waals surface area contributed by atoms with Crippen LogP contribution >= 0.6 is 0 Å². The summed E-state index contributed by atoms with van der Waals surface area (Å²) in [4.78, 5) is 2.58. The number of sulfonamides is 1. The number of hydrogen-bond acceptors (Lipinski definition) is 4. The van der Waals surface area contributed by atoms with Gasteiger partial charge in [0.25, 0.3) is 0 Å². The molecule has 1 saturated heterocycles. The van der Waals surface area contributed by atoms with Crippen molar-refractivity contribution in [3.63, 3.8) is 0 Å². The van der Waals surface area contributed by atoms with Crippen LogP contribution in [0.5, 0.6) is 5.75 Å². The Morgan fingerprint density at radius 1 is 0.920 bits per heavy atom. The highest BCUT2D eigenvalue weighted by atomic mass is 32.2. The first kappa shape index (κ1) is 17.8. The second-order valence-corrected chi connectivity index (χ2v) is 8.29. The summed E-state index contributed by atoms with van der Waals surface area (Å²) in [5.41, 5.74) is 3.63. The van der Waals surface area contributed by atoms with Crippen molar-refractivity contribution in [3.8, 4) is 5.75 Å². The fraction of sp³-hybridized carbons (Fsp3) is 0.368. The summed E-state index contributed by atoms with van der Waals surface area (Å²) in [6.45, 7) is 6.53. The Kier molecular flexibility index (Phi) is 5.01. The minimum Gasteiger partial charge on any atom is -0.497 e. The van der Waals surface area contributed by atoms with E-state index in [2.05, 4.69) is 36.9 Å². The molecule has 0 unspecified atom stereocenters. The first-order valence-corrected chi connectivity index (χ1v) is 9.82. The van der Waals surface area contributed by atoms with Gasteiger partial charge in [0.05, 0.1) is 12.0 Å². The van der Waals surface area contributed by atoms with Crippen LogP contribution in [0.2, 0.25) is 0 Å². The molecule has 0 aliphatic carbocycles. The number of hydrogen-bond donors (Lipinski definition) is 0. The van der Waals surface area contributed by atoms with E-state index in [-0.39, 0.29) is 0 Å². The number of benzene rings is 2. The molecule has 0 radical (unpaired) electrons. The molecule has 1 aliphatic heterocycles. The quantitative estimate of drug-likeness (QED) is 0.841. The number of aryl methyl sites for hydroxylation is 2. The third kappa shape index (κ3) is 3.65. The summed E-state index contributed by atoms with van der Waals surface area (Å²) < 4.78 is 32.3. The number of piperazine rings is 1. The van der Waals surface area contributed by atoms with Crippen molar-refractivity contribution in [3.05, 3.63) is 53.6 Å². The van der Waals surface area contributed by atoms with Crippen molar-refractivity contribution >= 4 is 15.7 Å². The van der Waals surface area contributed by atoms with Crippen LogP contribution in [-0.4, -0.2) is 46.0 Å². The van der Waals surface area contributed by atoms with Crippen molar-refractivity contribution in [2.75, 3.05) is 38.2 Å². The number of methoxy groups -OCH3 is 1. The molecule has 2 aromatic carbocycles. The fourth-order valence-electron chi connectivity index (χ4n) is 3.13. The molecular formula is C19H24N2O3S. The minimum atomic E-state index is -3.46. The zero-order valence-electron chi connectivity index (χ0n) is 14.9. The second kappa shape index (κ2) is 7.06. The molecule has 1 aliphatic rings. The number of anilines is 1. The second-order valence-electron chi connectivity index (χ2n) is 6.36. The topological polar surface area (TPSA) is 49.9 Å². The molecule has 0 aromatic heterocycles. The number of nitrogens with zero attached hydrogens (tertiary/aromatic N) is 2. The van der Waals surface area contributed by atoms with Crippen molar-refractivity contribution in [2.24, 2.45) is 0 Å². The highest BCUT2D eigenvalue weighted by Gasteiger charge is 2.28. The van der Waals surface area contributed by atoms with E-state index in [1.54, 1.807) is 35.7 Å². The standard InChI is InChI=1S/C19H24N2O3S/c1-15-4-5-16(2)19(14-15)20-10-12-21(13-11-20)25(22,23)18-8-6-17(24-3)7-9-18/h4-9,14H,10-13H2,1-3H3. The van der Waals surface area contributed by atoms with Crippen LogP contribution in [0.1, 0.15) is 11.1 Å². The predicted molar refractivity (Wildman–Crippen MR) is 99.9 cm³/mol. The zero-order chi connectivity index (χ0) is 18.0. The highest BCUT2D eigenvalue weighted by Crippen LogP contribution is 2.25. The maximum Gasteiger partial charge on any atom is 0.243 e. The molecule has 0 amide bonds. The Bertz CT molecular complexity index is 839. The Balaban J connectivity index is 1.73. The summed E-state index contributed by atoms with van der Waals surface area (Å²) in [5.74, 6) is 0.652. The Morgan fingerprint density at radius 2 is 1.56 bits per heavy atom. The normalized spacial score (nSPS) is 16.0. The number of ether oxygens (including phenoxy) is 1. The molecule has 0 bridgehead atoms. The molecule has 0 N–H and O–H groups in total. The molecule has 0 spiro atoms. The minimum absolute atomic E-state index is 0.313. The van der Waals surface area contributed by atoms with Gasteiger partial charge in [-0.1, -0.05) is 12.1 Å². The van der Waals surface area contributed by atoms with E-state index >= 15 is 0 Å². The molecule has 5 nitrogen and oxygen atoms in total. The lowest BCUT2D eigenvalue weighted by molar-refractivity contribution is 0.384. The smallest absolute Gasteiger partial charge is 0.243 e. The van der Waals surface area contributed by atoms with Gasteiger partial charge >= 0.3 is 0 Å². The van der Waals surface area contributed by atoms with Gasteiger partial charge in [-0.15, -0.1) is 0 Å². The monoisotopic (exact) mass is 360 g/mol. The summed E-state index contributed by atoms with van der Waals surface area (Å²) >= 11 is 0. The molecule has 1 heterocycles. The SMILES string of the molecule is COc1ccc(S(=O)(=O)N2CCN(c3cc(C)ccc3C)CC2)cc1. The maximum absolute atomic E-state index is 12.8. The third-order valence-corrected chi connectivity index (χ3v) is 6.55. The average Bonchev–Trinajstić information content (AvgIpc) is 2.64. The summed E-state index contributed by atoms with van der Waals surface area (Å²) in [6, 6.07) is 13.0. The first-order valence-electron chi connectivity index (χ1n) is 8.38. The summed E-state index contributed by atoms with van der Waals surface area (Å²) in [6.07, 6.45) is 0. The van der Waals surface area contributed by atoms with E-state index in [0.29, 0.717) is 36.8 Å². The predicted octanol–water partition coefficient (Wildman–Crippen LogP) is 2.82. The van der Waals surface area contributed by atoms with E-state index in [0.717, 1.165) is 0 Å². The van der Waals surface area contributed by atoms with Gasteiger partial charge in [-0.05, 0) is 55.3 Å². The summed E-state index contributed by atoms with van der Waals surface area (Å²) in [5, 5.41) is 0. The molecule has 6 heteroatoms. The Morgan fingerprint density at radius 3 is 2.16 bits per heavy atom. The molecule has 134 valence electrons. The number of rotatable bonds is 4. The van der Waals surface area contributed by atoms with Crippen LogP contribution in [-0.2, 0) is 10.0 Å². The van der Waals surface area contributed by atoms with E-state index in [9.17, 15) is 8.42 Å². The lowest BCUT2D eigenvalue weighted by Crippen LogP contribution is -2.48. The van der Waals surface area contributed by atoms with Crippen molar-refractivity contribution in [1.82, 2.24) is 4.31 Å². The lowest BCUT2D eigenvalue weighted by Gasteiger charge is -2.36. The van der Waals surface area contributed by atoms with Gasteiger partial charge in [-0.2, -0.15) is 4.31 Å². The van der Waals surface area contributed by atoms with Crippen molar-refractivity contribution < 1.29 is 13.2 Å². The highest BCUT2D eigenvalue weighted by molar-refractivity contribution is 7.89. The van der Waals surface area contributed by atoms with Gasteiger partial charge in [0, 0.05) is 31.9 Å². The third-order valence-electron chi connectivity index (χ3n) is 4.64. The van der Waals surface area contributed by atoms with Gasteiger partial charge in [0.2, 0.25) is 10.0 Å². The van der Waals surface area contributed by atoms with Crippen molar-refractivity contribution in [1.29, 1.82) is 0 Å². The molecule has 0 saturated carbocycles. The molecule has 1 fully saturated rings. The van der Waals surface area contributed by atoms with Gasteiger partial charge in [-0.25, -0.2) is 8.42 Å². The molecule has 2 aromatic rings. The average molecular weight is 360 g/mol. The van der Waals surface area contributed by atoms with Gasteiger partial charge in [0.15, 0.2) is 0 Å². The maximum atomic E-state index is 12.8. The van der Waals surface area contributed by atoms with Crippen LogP contribution in [0.25, 0.3) is 0 Å². The molecule has 3 rings (SSSR count). The first-order chi connectivity index (χ1) is 11.9. The zero-order valence-corrected chi connectivity index (χ0v) is 15.7. The van der Waals surface area contributed by atoms with E-state index in [4.69, 9.17) is 4.74 Å². The fourth-order valence-corrected chi connectivity index (χ4v) is 4.55. The summed E-state index contributed by atoms with van der Waals surface area (Å²) in [7, 11) is -1.89. The van der Waals surface area contributed by atoms with Gasteiger partial charge < -0.3 is 9.64 Å². The molecular weight excluding hydrogens is 336 g/mol. The van der Waals surface area contributed by atoms with Crippen LogP contribution in [0.3, 0.4) is 0 Å². The van der Waals surface area contributed by atoms with Crippen molar-refractivity contribution in [2.45, 2.75) is 18.7 Å². The van der Waals surface area contributed by atoms with Crippen LogP contribution in [0.15, 0.2) is 47.4 Å². The Labute approximate surface area is 149 Å².